The first-order valence-electron chi connectivity index (χ1n) is 5.38. The van der Waals surface area contributed by atoms with Crippen LogP contribution in [0.5, 0.6) is 0 Å². The summed E-state index contributed by atoms with van der Waals surface area (Å²) in [5, 5.41) is 3.87. The van der Waals surface area contributed by atoms with Crippen LogP contribution in [0.1, 0.15) is 29.9 Å². The van der Waals surface area contributed by atoms with E-state index in [4.69, 9.17) is 10.3 Å². The van der Waals surface area contributed by atoms with Crippen molar-refractivity contribution in [2.45, 2.75) is 18.9 Å². The van der Waals surface area contributed by atoms with Gasteiger partial charge in [-0.15, -0.1) is 6.58 Å². The molecule has 0 aliphatic heterocycles. The molecule has 0 amide bonds. The standard InChI is InChI=1S/C12H14N4O/c1-2-5-10(13)12-15-11(16-17-12)8-9-6-3-4-7-14-9/h2-4,6-7,10H,1,5,8,13H2. The van der Waals surface area contributed by atoms with Gasteiger partial charge in [-0.2, -0.15) is 4.98 Å². The quantitative estimate of drug-likeness (QED) is 0.790. The average Bonchev–Trinajstić information content (AvgIpc) is 2.79. The molecule has 0 aliphatic rings. The molecule has 2 rings (SSSR count). The van der Waals surface area contributed by atoms with Gasteiger partial charge in [-0.25, -0.2) is 0 Å². The summed E-state index contributed by atoms with van der Waals surface area (Å²) in [4.78, 5) is 8.43. The Morgan fingerprint density at radius 3 is 3.06 bits per heavy atom. The van der Waals surface area contributed by atoms with Crippen molar-refractivity contribution >= 4 is 0 Å². The van der Waals surface area contributed by atoms with Gasteiger partial charge in [0.1, 0.15) is 0 Å². The Hall–Kier alpha value is -2.01. The second kappa shape index (κ2) is 5.36. The summed E-state index contributed by atoms with van der Waals surface area (Å²) in [6.45, 7) is 3.62. The second-order valence-electron chi connectivity index (χ2n) is 3.68. The fraction of sp³-hybridized carbons (Fsp3) is 0.250. The van der Waals surface area contributed by atoms with E-state index in [1.165, 1.54) is 0 Å². The smallest absolute Gasteiger partial charge is 0.243 e. The summed E-state index contributed by atoms with van der Waals surface area (Å²) < 4.78 is 5.09. The third-order valence-electron chi connectivity index (χ3n) is 2.29. The van der Waals surface area contributed by atoms with E-state index in [9.17, 15) is 0 Å². The van der Waals surface area contributed by atoms with Gasteiger partial charge in [-0.3, -0.25) is 4.98 Å². The summed E-state index contributed by atoms with van der Waals surface area (Å²) in [6.07, 6.45) is 4.63. The summed E-state index contributed by atoms with van der Waals surface area (Å²) in [5.41, 5.74) is 6.73. The molecular weight excluding hydrogens is 216 g/mol. The fourth-order valence-electron chi connectivity index (χ4n) is 1.43. The van der Waals surface area contributed by atoms with Crippen molar-refractivity contribution in [3.63, 3.8) is 0 Å². The summed E-state index contributed by atoms with van der Waals surface area (Å²) in [6, 6.07) is 5.43. The van der Waals surface area contributed by atoms with Gasteiger partial charge >= 0.3 is 0 Å². The Morgan fingerprint density at radius 2 is 2.35 bits per heavy atom. The highest BCUT2D eigenvalue weighted by Crippen LogP contribution is 2.12. The molecule has 1 unspecified atom stereocenters. The number of hydrogen-bond donors (Lipinski definition) is 1. The van der Waals surface area contributed by atoms with Gasteiger partial charge in [-0.05, 0) is 18.6 Å². The topological polar surface area (TPSA) is 77.8 Å². The van der Waals surface area contributed by atoms with Crippen LogP contribution in [0.3, 0.4) is 0 Å². The van der Waals surface area contributed by atoms with Gasteiger partial charge in [0.2, 0.25) is 5.89 Å². The molecule has 0 radical (unpaired) electrons. The molecule has 88 valence electrons. The van der Waals surface area contributed by atoms with Crippen LogP contribution in [-0.2, 0) is 6.42 Å². The molecule has 5 nitrogen and oxygen atoms in total. The van der Waals surface area contributed by atoms with Gasteiger partial charge < -0.3 is 10.3 Å². The second-order valence-corrected chi connectivity index (χ2v) is 3.68. The molecule has 17 heavy (non-hydrogen) atoms. The van der Waals surface area contributed by atoms with Gasteiger partial charge in [0.25, 0.3) is 0 Å². The van der Waals surface area contributed by atoms with E-state index in [-0.39, 0.29) is 6.04 Å². The molecule has 0 spiro atoms. The van der Waals surface area contributed by atoms with Crippen LogP contribution in [0.4, 0.5) is 0 Å². The molecule has 0 fully saturated rings. The maximum absolute atomic E-state index is 5.83. The zero-order valence-electron chi connectivity index (χ0n) is 9.41. The van der Waals surface area contributed by atoms with E-state index >= 15 is 0 Å². The van der Waals surface area contributed by atoms with Crippen molar-refractivity contribution in [2.75, 3.05) is 0 Å². The number of aromatic nitrogens is 3. The van der Waals surface area contributed by atoms with Crippen molar-refractivity contribution in [1.29, 1.82) is 0 Å². The molecule has 0 saturated carbocycles. The van der Waals surface area contributed by atoms with Crippen LogP contribution in [-0.4, -0.2) is 15.1 Å². The van der Waals surface area contributed by atoms with Crippen molar-refractivity contribution in [2.24, 2.45) is 5.73 Å². The minimum Gasteiger partial charge on any atom is -0.338 e. The van der Waals surface area contributed by atoms with Crippen LogP contribution in [0, 0.1) is 0 Å². The van der Waals surface area contributed by atoms with E-state index in [0.717, 1.165) is 5.69 Å². The molecule has 0 saturated heterocycles. The summed E-state index contributed by atoms with van der Waals surface area (Å²) >= 11 is 0. The van der Waals surface area contributed by atoms with E-state index in [2.05, 4.69) is 21.7 Å². The minimum absolute atomic E-state index is 0.280. The van der Waals surface area contributed by atoms with Crippen LogP contribution >= 0.6 is 0 Å². The summed E-state index contributed by atoms with van der Waals surface area (Å²) in [7, 11) is 0. The molecule has 2 aromatic heterocycles. The predicted octanol–water partition coefficient (Wildman–Crippen LogP) is 1.63. The molecule has 2 N–H and O–H groups in total. The molecule has 2 aromatic rings. The molecule has 0 aliphatic carbocycles. The minimum atomic E-state index is -0.280. The highest BCUT2D eigenvalue weighted by atomic mass is 16.5. The van der Waals surface area contributed by atoms with Crippen LogP contribution in [0.25, 0.3) is 0 Å². The number of pyridine rings is 1. The number of hydrogen-bond acceptors (Lipinski definition) is 5. The van der Waals surface area contributed by atoms with Gasteiger partial charge in [0.05, 0.1) is 12.5 Å². The zero-order chi connectivity index (χ0) is 12.1. The van der Waals surface area contributed by atoms with Gasteiger partial charge in [0.15, 0.2) is 5.82 Å². The van der Waals surface area contributed by atoms with Crippen molar-refractivity contribution in [3.8, 4) is 0 Å². The Morgan fingerprint density at radius 1 is 1.47 bits per heavy atom. The molecule has 2 heterocycles. The molecule has 1 atom stereocenters. The Kier molecular flexibility index (Phi) is 3.62. The molecule has 5 heteroatoms. The lowest BCUT2D eigenvalue weighted by Crippen LogP contribution is -2.09. The third-order valence-corrected chi connectivity index (χ3v) is 2.29. The monoisotopic (exact) mass is 230 g/mol. The lowest BCUT2D eigenvalue weighted by molar-refractivity contribution is 0.352. The van der Waals surface area contributed by atoms with Crippen LogP contribution in [0.2, 0.25) is 0 Å². The highest BCUT2D eigenvalue weighted by molar-refractivity contribution is 5.09. The lowest BCUT2D eigenvalue weighted by atomic mass is 10.2. The lowest BCUT2D eigenvalue weighted by Gasteiger charge is -2.00. The SMILES string of the molecule is C=CCC(N)c1nc(Cc2ccccn2)no1. The molecule has 0 bridgehead atoms. The van der Waals surface area contributed by atoms with Gasteiger partial charge in [0, 0.05) is 11.9 Å². The molecule has 0 aromatic carbocycles. The largest absolute Gasteiger partial charge is 0.338 e. The Balaban J connectivity index is 2.06. The van der Waals surface area contributed by atoms with Crippen LogP contribution < -0.4 is 5.73 Å². The normalized spacial score (nSPS) is 12.3. The number of nitrogens with zero attached hydrogens (tertiary/aromatic N) is 3. The van der Waals surface area contributed by atoms with E-state index in [1.807, 2.05) is 18.2 Å². The maximum atomic E-state index is 5.83. The third kappa shape index (κ3) is 2.98. The average molecular weight is 230 g/mol. The first-order valence-corrected chi connectivity index (χ1v) is 5.38. The predicted molar refractivity (Wildman–Crippen MR) is 63.1 cm³/mol. The van der Waals surface area contributed by atoms with Crippen molar-refractivity contribution in [1.82, 2.24) is 15.1 Å². The first-order chi connectivity index (χ1) is 8.29. The number of nitrogens with two attached hydrogens (primary N) is 1. The van der Waals surface area contributed by atoms with E-state index in [0.29, 0.717) is 24.6 Å². The Bertz CT molecular complexity index is 480. The fourth-order valence-corrected chi connectivity index (χ4v) is 1.43. The van der Waals surface area contributed by atoms with E-state index in [1.54, 1.807) is 12.3 Å². The maximum Gasteiger partial charge on any atom is 0.243 e. The Labute approximate surface area is 99.4 Å². The number of rotatable bonds is 5. The van der Waals surface area contributed by atoms with Crippen molar-refractivity contribution < 1.29 is 4.52 Å². The molecular formula is C12H14N4O. The van der Waals surface area contributed by atoms with Crippen LogP contribution in [0.15, 0.2) is 41.6 Å². The summed E-state index contributed by atoms with van der Waals surface area (Å²) in [5.74, 6) is 1.04. The first kappa shape index (κ1) is 11.5. The zero-order valence-corrected chi connectivity index (χ0v) is 9.41. The van der Waals surface area contributed by atoms with Gasteiger partial charge in [-0.1, -0.05) is 17.3 Å². The highest BCUT2D eigenvalue weighted by Gasteiger charge is 2.13. The van der Waals surface area contributed by atoms with E-state index < -0.39 is 0 Å². The van der Waals surface area contributed by atoms with Crippen molar-refractivity contribution in [3.05, 3.63) is 54.5 Å².